The van der Waals surface area contributed by atoms with Crippen molar-refractivity contribution in [1.82, 2.24) is 4.98 Å². The normalized spacial score (nSPS) is 18.6. The number of rotatable bonds is 3. The third-order valence-electron chi connectivity index (χ3n) is 3.90. The first-order valence-corrected chi connectivity index (χ1v) is 6.66. The van der Waals surface area contributed by atoms with Crippen molar-refractivity contribution in [3.8, 4) is 5.75 Å². The summed E-state index contributed by atoms with van der Waals surface area (Å²) in [6.45, 7) is 0. The molecule has 0 aliphatic heterocycles. The van der Waals surface area contributed by atoms with Gasteiger partial charge in [0.15, 0.2) is 11.6 Å². The number of aryl methyl sites for hydroxylation is 1. The third-order valence-corrected chi connectivity index (χ3v) is 3.90. The van der Waals surface area contributed by atoms with Crippen LogP contribution in [0.1, 0.15) is 35.3 Å². The van der Waals surface area contributed by atoms with E-state index >= 15 is 0 Å². The van der Waals surface area contributed by atoms with Crippen molar-refractivity contribution in [3.05, 3.63) is 59.2 Å². The first kappa shape index (κ1) is 13.1. The van der Waals surface area contributed by atoms with E-state index in [0.29, 0.717) is 5.56 Å². The van der Waals surface area contributed by atoms with Gasteiger partial charge in [-0.15, -0.1) is 0 Å². The summed E-state index contributed by atoms with van der Waals surface area (Å²) >= 11 is 0. The maximum Gasteiger partial charge on any atom is 0.165 e. The predicted molar refractivity (Wildman–Crippen MR) is 73.2 cm³/mol. The van der Waals surface area contributed by atoms with Crippen LogP contribution in [0.25, 0.3) is 0 Å². The molecule has 3 rings (SSSR count). The Morgan fingerprint density at radius 2 is 2.25 bits per heavy atom. The summed E-state index contributed by atoms with van der Waals surface area (Å²) in [7, 11) is 1.42. The van der Waals surface area contributed by atoms with Gasteiger partial charge in [-0.2, -0.15) is 0 Å². The second kappa shape index (κ2) is 5.21. The van der Waals surface area contributed by atoms with Crippen LogP contribution in [0.3, 0.4) is 0 Å². The SMILES string of the molecule is COc1ccc(C(O)C2CCc3cccnc32)cc1F. The van der Waals surface area contributed by atoms with Crippen molar-refractivity contribution in [2.75, 3.05) is 7.11 Å². The fourth-order valence-corrected chi connectivity index (χ4v) is 2.85. The smallest absolute Gasteiger partial charge is 0.165 e. The second-order valence-electron chi connectivity index (χ2n) is 5.03. The molecular formula is C16H16FNO2. The molecule has 0 saturated heterocycles. The van der Waals surface area contributed by atoms with Gasteiger partial charge in [0.1, 0.15) is 0 Å². The summed E-state index contributed by atoms with van der Waals surface area (Å²) in [4.78, 5) is 4.36. The number of aromatic nitrogens is 1. The van der Waals surface area contributed by atoms with E-state index in [1.54, 1.807) is 18.3 Å². The summed E-state index contributed by atoms with van der Waals surface area (Å²) in [5.74, 6) is -0.340. The number of pyridine rings is 1. The Balaban J connectivity index is 1.90. The molecule has 2 atom stereocenters. The van der Waals surface area contributed by atoms with Crippen molar-refractivity contribution in [2.24, 2.45) is 0 Å². The van der Waals surface area contributed by atoms with Gasteiger partial charge in [-0.3, -0.25) is 4.98 Å². The zero-order chi connectivity index (χ0) is 14.1. The zero-order valence-electron chi connectivity index (χ0n) is 11.2. The lowest BCUT2D eigenvalue weighted by atomic mass is 9.93. The Bertz CT molecular complexity index is 630. The van der Waals surface area contributed by atoms with E-state index in [9.17, 15) is 9.50 Å². The van der Waals surface area contributed by atoms with Crippen LogP contribution in [0.2, 0.25) is 0 Å². The van der Waals surface area contributed by atoms with Crippen LogP contribution in [0, 0.1) is 5.82 Å². The number of ether oxygens (including phenoxy) is 1. The molecule has 3 nitrogen and oxygen atoms in total. The van der Waals surface area contributed by atoms with Crippen LogP contribution in [-0.2, 0) is 6.42 Å². The van der Waals surface area contributed by atoms with Gasteiger partial charge in [-0.25, -0.2) is 4.39 Å². The predicted octanol–water partition coefficient (Wildman–Crippen LogP) is 2.99. The monoisotopic (exact) mass is 273 g/mol. The summed E-state index contributed by atoms with van der Waals surface area (Å²) in [5.41, 5.74) is 2.66. The maximum atomic E-state index is 13.7. The molecule has 0 amide bonds. The van der Waals surface area contributed by atoms with Gasteiger partial charge in [0.2, 0.25) is 0 Å². The Kier molecular flexibility index (Phi) is 3.40. The van der Waals surface area contributed by atoms with Crippen molar-refractivity contribution in [1.29, 1.82) is 0 Å². The highest BCUT2D eigenvalue weighted by Crippen LogP contribution is 2.40. The van der Waals surface area contributed by atoms with Crippen molar-refractivity contribution in [3.63, 3.8) is 0 Å². The average molecular weight is 273 g/mol. The van der Waals surface area contributed by atoms with Gasteiger partial charge in [0.05, 0.1) is 13.2 Å². The van der Waals surface area contributed by atoms with Gasteiger partial charge in [0.25, 0.3) is 0 Å². The summed E-state index contributed by atoms with van der Waals surface area (Å²) in [6.07, 6.45) is 2.73. The van der Waals surface area contributed by atoms with Crippen LogP contribution in [0.5, 0.6) is 5.75 Å². The first-order valence-electron chi connectivity index (χ1n) is 6.66. The molecule has 1 aliphatic rings. The van der Waals surface area contributed by atoms with E-state index in [2.05, 4.69) is 4.98 Å². The van der Waals surface area contributed by atoms with Crippen molar-refractivity contribution in [2.45, 2.75) is 24.9 Å². The Labute approximate surface area is 117 Å². The number of nitrogens with zero attached hydrogens (tertiary/aromatic N) is 1. The molecule has 1 aliphatic carbocycles. The number of benzene rings is 1. The van der Waals surface area contributed by atoms with E-state index in [1.807, 2.05) is 12.1 Å². The molecule has 0 radical (unpaired) electrons. The molecule has 0 spiro atoms. The fourth-order valence-electron chi connectivity index (χ4n) is 2.85. The topological polar surface area (TPSA) is 42.4 Å². The molecule has 1 heterocycles. The lowest BCUT2D eigenvalue weighted by Crippen LogP contribution is -2.10. The van der Waals surface area contributed by atoms with E-state index in [1.165, 1.54) is 18.7 Å². The highest BCUT2D eigenvalue weighted by molar-refractivity contribution is 5.35. The highest BCUT2D eigenvalue weighted by atomic mass is 19.1. The standard InChI is InChI=1S/C16H16FNO2/c1-20-14-7-5-11(9-13(14)17)16(19)12-6-4-10-3-2-8-18-15(10)12/h2-3,5,7-9,12,16,19H,4,6H2,1H3. The fraction of sp³-hybridized carbons (Fsp3) is 0.312. The van der Waals surface area contributed by atoms with Crippen molar-refractivity contribution >= 4 is 0 Å². The number of hydrogen-bond donors (Lipinski definition) is 1. The number of hydrogen-bond acceptors (Lipinski definition) is 3. The van der Waals surface area contributed by atoms with Gasteiger partial charge in [-0.05, 0) is 42.2 Å². The Morgan fingerprint density at radius 1 is 1.40 bits per heavy atom. The molecular weight excluding hydrogens is 257 g/mol. The summed E-state index contributed by atoms with van der Waals surface area (Å²) < 4.78 is 18.6. The third kappa shape index (κ3) is 2.16. The molecule has 20 heavy (non-hydrogen) atoms. The van der Waals surface area contributed by atoms with Crippen LogP contribution in [0.4, 0.5) is 4.39 Å². The van der Waals surface area contributed by atoms with Gasteiger partial charge in [-0.1, -0.05) is 12.1 Å². The molecule has 4 heteroatoms. The summed E-state index contributed by atoms with van der Waals surface area (Å²) in [5, 5.41) is 10.5. The number of methoxy groups -OCH3 is 1. The van der Waals surface area contributed by atoms with Crippen molar-refractivity contribution < 1.29 is 14.2 Å². The number of halogens is 1. The van der Waals surface area contributed by atoms with Gasteiger partial charge >= 0.3 is 0 Å². The summed E-state index contributed by atoms with van der Waals surface area (Å²) in [6, 6.07) is 8.52. The van der Waals surface area contributed by atoms with Crippen LogP contribution >= 0.6 is 0 Å². The lowest BCUT2D eigenvalue weighted by molar-refractivity contribution is 0.143. The Hall–Kier alpha value is -1.94. The lowest BCUT2D eigenvalue weighted by Gasteiger charge is -2.19. The largest absolute Gasteiger partial charge is 0.494 e. The molecule has 1 N–H and O–H groups in total. The van der Waals surface area contributed by atoms with E-state index < -0.39 is 11.9 Å². The van der Waals surface area contributed by atoms with Crippen LogP contribution < -0.4 is 4.74 Å². The molecule has 1 aromatic heterocycles. The van der Waals surface area contributed by atoms with Gasteiger partial charge in [0, 0.05) is 17.8 Å². The van der Waals surface area contributed by atoms with E-state index in [-0.39, 0.29) is 11.7 Å². The number of aliphatic hydroxyl groups excluding tert-OH is 1. The Morgan fingerprint density at radius 3 is 3.00 bits per heavy atom. The van der Waals surface area contributed by atoms with E-state index in [0.717, 1.165) is 18.5 Å². The molecule has 0 fully saturated rings. The first-order chi connectivity index (χ1) is 9.70. The molecule has 0 saturated carbocycles. The van der Waals surface area contributed by atoms with E-state index in [4.69, 9.17) is 4.74 Å². The number of fused-ring (bicyclic) bond motifs is 1. The quantitative estimate of drug-likeness (QED) is 0.934. The minimum atomic E-state index is -0.744. The molecule has 0 bridgehead atoms. The average Bonchev–Trinajstić information content (AvgIpc) is 2.90. The highest BCUT2D eigenvalue weighted by Gasteiger charge is 2.31. The molecule has 2 unspecified atom stereocenters. The molecule has 1 aromatic carbocycles. The minimum Gasteiger partial charge on any atom is -0.494 e. The van der Waals surface area contributed by atoms with Crippen LogP contribution in [-0.4, -0.2) is 17.2 Å². The molecule has 2 aromatic rings. The minimum absolute atomic E-state index is 0.0704. The zero-order valence-corrected chi connectivity index (χ0v) is 11.2. The second-order valence-corrected chi connectivity index (χ2v) is 5.03. The van der Waals surface area contributed by atoms with Crippen LogP contribution in [0.15, 0.2) is 36.5 Å². The number of aliphatic hydroxyl groups is 1. The molecule has 104 valence electrons. The van der Waals surface area contributed by atoms with Gasteiger partial charge < -0.3 is 9.84 Å². The maximum absolute atomic E-state index is 13.7.